The van der Waals surface area contributed by atoms with Crippen LogP contribution in [-0.4, -0.2) is 24.8 Å². The fourth-order valence-electron chi connectivity index (χ4n) is 1.88. The van der Waals surface area contributed by atoms with Gasteiger partial charge in [-0.1, -0.05) is 0 Å². The van der Waals surface area contributed by atoms with Gasteiger partial charge in [-0.05, 0) is 0 Å². The van der Waals surface area contributed by atoms with Crippen molar-refractivity contribution in [3.8, 4) is 0 Å². The van der Waals surface area contributed by atoms with E-state index in [0.29, 0.717) is 0 Å². The van der Waals surface area contributed by atoms with Gasteiger partial charge < -0.3 is 0 Å². The summed E-state index contributed by atoms with van der Waals surface area (Å²) in [6, 6.07) is 10.3. The third-order valence-electron chi connectivity index (χ3n) is 2.78. The summed E-state index contributed by atoms with van der Waals surface area (Å²) >= 11 is -2.84. The minimum absolute atomic E-state index is 0.127. The van der Waals surface area contributed by atoms with Gasteiger partial charge in [0.2, 0.25) is 0 Å². The molecule has 0 atom stereocenters. The standard InChI is InChI=1S/C6H5.C2H4O2.2C2H5.Sn/c1-2-4-6-5-3-1;1-2(3)4;2*1-2;/h1-5H;1H3,(H,3,4);2*1H2,2H3;/q;;;;+1/p-1. The number of benzene rings is 1. The summed E-state index contributed by atoms with van der Waals surface area (Å²) < 4.78 is 9.00. The SMILES string of the molecule is C[CH2][Sn]([CH2]C)([O]C(C)=O)[c]1ccccc1. The van der Waals surface area contributed by atoms with Crippen LogP contribution in [0.5, 0.6) is 0 Å². The van der Waals surface area contributed by atoms with Crippen LogP contribution in [0.1, 0.15) is 20.8 Å². The Morgan fingerprint density at radius 2 is 1.73 bits per heavy atom. The number of carbonyl (C=O) groups excluding carboxylic acids is 1. The first kappa shape index (κ1) is 12.6. The average Bonchev–Trinajstić information content (AvgIpc) is 2.27. The van der Waals surface area contributed by atoms with Gasteiger partial charge in [-0.2, -0.15) is 0 Å². The summed E-state index contributed by atoms with van der Waals surface area (Å²) in [4.78, 5) is 11.2. The van der Waals surface area contributed by atoms with Crippen molar-refractivity contribution >= 4 is 28.3 Å². The first-order valence-corrected chi connectivity index (χ1v) is 12.0. The van der Waals surface area contributed by atoms with Crippen LogP contribution in [0.25, 0.3) is 0 Å². The van der Waals surface area contributed by atoms with Crippen LogP contribution in [0, 0.1) is 0 Å². The Hall–Kier alpha value is -0.511. The normalized spacial score (nSPS) is 11.1. The summed E-state index contributed by atoms with van der Waals surface area (Å²) in [6.45, 7) is 5.78. The van der Waals surface area contributed by atoms with Crippen molar-refractivity contribution in [1.82, 2.24) is 0 Å². The predicted molar refractivity (Wildman–Crippen MR) is 64.6 cm³/mol. The second-order valence-corrected chi connectivity index (χ2v) is 15.6. The number of hydrogen-bond acceptors (Lipinski definition) is 2. The van der Waals surface area contributed by atoms with Crippen LogP contribution in [0.3, 0.4) is 0 Å². The molecule has 0 aliphatic rings. The Morgan fingerprint density at radius 1 is 1.20 bits per heavy atom. The summed E-state index contributed by atoms with van der Waals surface area (Å²) in [5.41, 5.74) is 0. The van der Waals surface area contributed by atoms with Crippen LogP contribution in [0.2, 0.25) is 8.87 Å². The van der Waals surface area contributed by atoms with E-state index in [2.05, 4.69) is 26.0 Å². The quantitative estimate of drug-likeness (QED) is 0.798. The van der Waals surface area contributed by atoms with Gasteiger partial charge in [0.15, 0.2) is 0 Å². The molecule has 0 amide bonds. The van der Waals surface area contributed by atoms with Gasteiger partial charge >= 0.3 is 96.2 Å². The fourth-order valence-corrected chi connectivity index (χ4v) is 10.6. The molecule has 1 aromatic carbocycles. The van der Waals surface area contributed by atoms with Crippen molar-refractivity contribution in [2.24, 2.45) is 0 Å². The number of carbonyl (C=O) groups is 1. The third kappa shape index (κ3) is 2.97. The average molecular weight is 313 g/mol. The zero-order chi connectivity index (χ0) is 11.3. The molecule has 2 nitrogen and oxygen atoms in total. The molecule has 82 valence electrons. The van der Waals surface area contributed by atoms with Crippen molar-refractivity contribution in [1.29, 1.82) is 0 Å². The summed E-state index contributed by atoms with van der Waals surface area (Å²) in [6.07, 6.45) is 0. The van der Waals surface area contributed by atoms with E-state index in [1.807, 2.05) is 18.2 Å². The molecular formula is C12H18O2Sn. The van der Waals surface area contributed by atoms with Gasteiger partial charge in [0.1, 0.15) is 0 Å². The number of rotatable bonds is 4. The van der Waals surface area contributed by atoms with E-state index in [0.717, 1.165) is 8.87 Å². The molecule has 0 unspecified atom stereocenters. The van der Waals surface area contributed by atoms with E-state index in [-0.39, 0.29) is 5.97 Å². The molecule has 15 heavy (non-hydrogen) atoms. The molecule has 0 spiro atoms. The summed E-state index contributed by atoms with van der Waals surface area (Å²) in [5.74, 6) is -0.127. The van der Waals surface area contributed by atoms with E-state index < -0.39 is 18.8 Å². The molecule has 0 aromatic heterocycles. The monoisotopic (exact) mass is 314 g/mol. The van der Waals surface area contributed by atoms with Crippen molar-refractivity contribution in [2.45, 2.75) is 29.6 Å². The van der Waals surface area contributed by atoms with Crippen LogP contribution in [0.4, 0.5) is 0 Å². The van der Waals surface area contributed by atoms with Crippen molar-refractivity contribution in [2.75, 3.05) is 0 Å². The van der Waals surface area contributed by atoms with Crippen LogP contribution in [-0.2, 0) is 7.87 Å². The van der Waals surface area contributed by atoms with E-state index in [4.69, 9.17) is 3.07 Å². The molecule has 0 aliphatic carbocycles. The van der Waals surface area contributed by atoms with Crippen LogP contribution in [0.15, 0.2) is 30.3 Å². The van der Waals surface area contributed by atoms with Crippen LogP contribution >= 0.6 is 0 Å². The molecule has 0 saturated carbocycles. The second-order valence-electron chi connectivity index (χ2n) is 3.66. The topological polar surface area (TPSA) is 26.3 Å². The molecule has 1 aromatic rings. The van der Waals surface area contributed by atoms with E-state index in [1.165, 1.54) is 10.5 Å². The van der Waals surface area contributed by atoms with E-state index in [9.17, 15) is 4.79 Å². The Kier molecular flexibility index (Phi) is 4.64. The molecule has 0 N–H and O–H groups in total. The molecule has 0 fully saturated rings. The van der Waals surface area contributed by atoms with E-state index in [1.54, 1.807) is 0 Å². The molecule has 1 rings (SSSR count). The van der Waals surface area contributed by atoms with Crippen molar-refractivity contribution in [3.05, 3.63) is 30.3 Å². The van der Waals surface area contributed by atoms with Crippen LogP contribution < -0.4 is 3.58 Å². The first-order valence-electron chi connectivity index (χ1n) is 5.39. The summed E-state index contributed by atoms with van der Waals surface area (Å²) in [5, 5.41) is 0. The fraction of sp³-hybridized carbons (Fsp3) is 0.417. The molecule has 0 radical (unpaired) electrons. The zero-order valence-corrected chi connectivity index (χ0v) is 12.5. The molecule has 3 heteroatoms. The molecular weight excluding hydrogens is 295 g/mol. The molecule has 0 bridgehead atoms. The van der Waals surface area contributed by atoms with Gasteiger partial charge in [0, 0.05) is 0 Å². The third-order valence-corrected chi connectivity index (χ3v) is 15.2. The van der Waals surface area contributed by atoms with Gasteiger partial charge in [-0.15, -0.1) is 0 Å². The van der Waals surface area contributed by atoms with Crippen molar-refractivity contribution in [3.63, 3.8) is 0 Å². The van der Waals surface area contributed by atoms with Gasteiger partial charge in [0.25, 0.3) is 0 Å². The Labute approximate surface area is 96.1 Å². The Bertz CT molecular complexity index is 318. The maximum atomic E-state index is 11.2. The second kappa shape index (κ2) is 5.54. The Morgan fingerprint density at radius 3 is 2.13 bits per heavy atom. The van der Waals surface area contributed by atoms with Crippen molar-refractivity contribution < 1.29 is 7.87 Å². The van der Waals surface area contributed by atoms with Gasteiger partial charge in [-0.25, -0.2) is 0 Å². The number of hydrogen-bond donors (Lipinski definition) is 0. The minimum atomic E-state index is -2.84. The molecule has 0 aliphatic heterocycles. The van der Waals surface area contributed by atoms with E-state index >= 15 is 0 Å². The maximum absolute atomic E-state index is 11.2. The predicted octanol–water partition coefficient (Wildman–Crippen LogP) is 2.44. The first-order chi connectivity index (χ1) is 7.14. The molecule has 0 saturated heterocycles. The summed E-state index contributed by atoms with van der Waals surface area (Å²) in [7, 11) is 0. The molecule has 0 heterocycles. The van der Waals surface area contributed by atoms with Gasteiger partial charge in [-0.3, -0.25) is 0 Å². The van der Waals surface area contributed by atoms with Gasteiger partial charge in [0.05, 0.1) is 0 Å². The Balaban J connectivity index is 3.05. The zero-order valence-electron chi connectivity index (χ0n) is 9.62.